The van der Waals surface area contributed by atoms with Gasteiger partial charge in [-0.05, 0) is 43.2 Å². The minimum absolute atomic E-state index is 0.170. The number of anilines is 1. The SMILES string of the molecule is COc1ccc2c(c1OC)C(=O)O[C@@H]2N1C(=O)CC[C@@H]1C(=O)Nc1cc(Cl)ccc1C. The van der Waals surface area contributed by atoms with Crippen molar-refractivity contribution in [1.82, 2.24) is 4.90 Å². The fourth-order valence-electron chi connectivity index (χ4n) is 3.99. The number of rotatable bonds is 5. The molecular formula is C22H21ClN2O6. The molecule has 0 radical (unpaired) electrons. The van der Waals surface area contributed by atoms with Gasteiger partial charge in [-0.25, -0.2) is 4.79 Å². The summed E-state index contributed by atoms with van der Waals surface area (Å²) in [6.45, 7) is 1.85. The Labute approximate surface area is 184 Å². The fraction of sp³-hybridized carbons (Fsp3) is 0.318. The summed E-state index contributed by atoms with van der Waals surface area (Å²) in [6, 6.07) is 7.66. The molecule has 0 unspecified atom stereocenters. The quantitative estimate of drug-likeness (QED) is 0.710. The lowest BCUT2D eigenvalue weighted by Crippen LogP contribution is -2.44. The largest absolute Gasteiger partial charge is 0.493 e. The van der Waals surface area contributed by atoms with Crippen molar-refractivity contribution in [3.8, 4) is 11.5 Å². The van der Waals surface area contributed by atoms with Crippen molar-refractivity contribution in [1.29, 1.82) is 0 Å². The highest BCUT2D eigenvalue weighted by atomic mass is 35.5. The van der Waals surface area contributed by atoms with E-state index < -0.39 is 18.2 Å². The number of ether oxygens (including phenoxy) is 3. The van der Waals surface area contributed by atoms with Gasteiger partial charge in [-0.1, -0.05) is 17.7 Å². The Bertz CT molecular complexity index is 1090. The molecule has 2 atom stereocenters. The lowest BCUT2D eigenvalue weighted by Gasteiger charge is -2.29. The summed E-state index contributed by atoms with van der Waals surface area (Å²) >= 11 is 6.05. The summed E-state index contributed by atoms with van der Waals surface area (Å²) in [5.41, 5.74) is 2.04. The van der Waals surface area contributed by atoms with Crippen LogP contribution < -0.4 is 14.8 Å². The number of hydrogen-bond donors (Lipinski definition) is 1. The molecule has 2 aliphatic heterocycles. The van der Waals surface area contributed by atoms with Crippen molar-refractivity contribution in [2.24, 2.45) is 0 Å². The lowest BCUT2D eigenvalue weighted by atomic mass is 10.0. The van der Waals surface area contributed by atoms with E-state index in [4.69, 9.17) is 25.8 Å². The normalized spacial score (nSPS) is 19.8. The highest BCUT2D eigenvalue weighted by Crippen LogP contribution is 2.45. The molecule has 2 amide bonds. The number of amides is 2. The first-order valence-corrected chi connectivity index (χ1v) is 10.1. The number of aryl methyl sites for hydroxylation is 1. The van der Waals surface area contributed by atoms with E-state index >= 15 is 0 Å². The van der Waals surface area contributed by atoms with E-state index in [0.29, 0.717) is 28.4 Å². The zero-order valence-electron chi connectivity index (χ0n) is 17.2. The van der Waals surface area contributed by atoms with Gasteiger partial charge in [-0.3, -0.25) is 14.5 Å². The number of halogens is 1. The predicted octanol–water partition coefficient (Wildman–Crippen LogP) is 3.46. The van der Waals surface area contributed by atoms with Crippen LogP contribution in [0, 0.1) is 6.92 Å². The Kier molecular flexibility index (Phi) is 5.49. The molecule has 31 heavy (non-hydrogen) atoms. The maximum absolute atomic E-state index is 13.1. The van der Waals surface area contributed by atoms with E-state index in [1.807, 2.05) is 6.92 Å². The van der Waals surface area contributed by atoms with Crippen LogP contribution >= 0.6 is 11.6 Å². The summed E-state index contributed by atoms with van der Waals surface area (Å²) in [5.74, 6) is -0.683. The molecule has 2 aromatic rings. The van der Waals surface area contributed by atoms with Crippen LogP contribution in [0.2, 0.25) is 5.02 Å². The van der Waals surface area contributed by atoms with Crippen LogP contribution in [0.15, 0.2) is 30.3 Å². The molecule has 1 fully saturated rings. The molecule has 2 aliphatic rings. The van der Waals surface area contributed by atoms with Crippen LogP contribution in [0.5, 0.6) is 11.5 Å². The molecule has 2 heterocycles. The van der Waals surface area contributed by atoms with Gasteiger partial charge in [0.1, 0.15) is 11.6 Å². The molecule has 0 bridgehead atoms. The number of likely N-dealkylation sites (tertiary alicyclic amines) is 1. The van der Waals surface area contributed by atoms with Gasteiger partial charge < -0.3 is 19.5 Å². The number of nitrogens with zero attached hydrogens (tertiary/aromatic N) is 1. The summed E-state index contributed by atoms with van der Waals surface area (Å²) in [6.07, 6.45) is -0.543. The minimum atomic E-state index is -1.02. The summed E-state index contributed by atoms with van der Waals surface area (Å²) in [5, 5.41) is 3.33. The first kappa shape index (κ1) is 21.0. The molecule has 1 saturated heterocycles. The molecular weight excluding hydrogens is 424 g/mol. The van der Waals surface area contributed by atoms with Crippen molar-refractivity contribution < 1.29 is 28.6 Å². The first-order valence-electron chi connectivity index (χ1n) is 9.69. The molecule has 162 valence electrons. The van der Waals surface area contributed by atoms with Crippen LogP contribution in [0.1, 0.15) is 40.6 Å². The van der Waals surface area contributed by atoms with Crippen molar-refractivity contribution in [3.63, 3.8) is 0 Å². The zero-order valence-corrected chi connectivity index (χ0v) is 18.0. The third-order valence-corrected chi connectivity index (χ3v) is 5.77. The summed E-state index contributed by atoms with van der Waals surface area (Å²) in [4.78, 5) is 39.7. The number of nitrogens with one attached hydrogen (secondary N) is 1. The number of methoxy groups -OCH3 is 2. The smallest absolute Gasteiger partial charge is 0.344 e. The zero-order chi connectivity index (χ0) is 22.3. The van der Waals surface area contributed by atoms with E-state index in [1.54, 1.807) is 30.3 Å². The third-order valence-electron chi connectivity index (χ3n) is 5.53. The van der Waals surface area contributed by atoms with E-state index in [1.165, 1.54) is 19.1 Å². The highest BCUT2D eigenvalue weighted by Gasteiger charge is 2.47. The van der Waals surface area contributed by atoms with Crippen LogP contribution in [0.3, 0.4) is 0 Å². The number of benzene rings is 2. The molecule has 4 rings (SSSR count). The van der Waals surface area contributed by atoms with Crippen molar-refractivity contribution in [3.05, 3.63) is 52.0 Å². The average Bonchev–Trinajstić information content (AvgIpc) is 3.29. The van der Waals surface area contributed by atoms with Crippen molar-refractivity contribution in [2.45, 2.75) is 32.0 Å². The molecule has 0 aliphatic carbocycles. The number of esters is 1. The monoisotopic (exact) mass is 444 g/mol. The number of hydrogen-bond acceptors (Lipinski definition) is 6. The second-order valence-corrected chi connectivity index (χ2v) is 7.76. The van der Waals surface area contributed by atoms with E-state index in [2.05, 4.69) is 5.32 Å². The van der Waals surface area contributed by atoms with Gasteiger partial charge in [0.25, 0.3) is 0 Å². The first-order chi connectivity index (χ1) is 14.8. The molecule has 9 heteroatoms. The third kappa shape index (κ3) is 3.57. The second-order valence-electron chi connectivity index (χ2n) is 7.33. The molecule has 0 spiro atoms. The van der Waals surface area contributed by atoms with Crippen LogP contribution in [-0.2, 0) is 14.3 Å². The Hall–Kier alpha value is -3.26. The average molecular weight is 445 g/mol. The molecule has 0 aromatic heterocycles. The summed E-state index contributed by atoms with van der Waals surface area (Å²) < 4.78 is 16.1. The summed E-state index contributed by atoms with van der Waals surface area (Å²) in [7, 11) is 2.88. The standard InChI is InChI=1S/C22H21ClN2O6/c1-11-4-5-12(23)10-14(11)24-20(27)15-7-9-17(26)25(15)21-13-6-8-16(29-2)19(30-3)18(13)22(28)31-21/h4-6,8,10,15,21H,7,9H2,1-3H3,(H,24,27)/t15-,21+/m1/s1. The Morgan fingerprint density at radius 1 is 1.19 bits per heavy atom. The number of fused-ring (bicyclic) bond motifs is 1. The van der Waals surface area contributed by atoms with Crippen LogP contribution in [0.25, 0.3) is 0 Å². The van der Waals surface area contributed by atoms with Gasteiger partial charge in [0.15, 0.2) is 11.5 Å². The van der Waals surface area contributed by atoms with Gasteiger partial charge in [0.2, 0.25) is 18.0 Å². The van der Waals surface area contributed by atoms with Crippen molar-refractivity contribution >= 4 is 35.1 Å². The van der Waals surface area contributed by atoms with Crippen LogP contribution in [-0.4, -0.2) is 42.9 Å². The predicted molar refractivity (Wildman–Crippen MR) is 112 cm³/mol. The Morgan fingerprint density at radius 2 is 1.97 bits per heavy atom. The van der Waals surface area contributed by atoms with Gasteiger partial charge in [-0.15, -0.1) is 0 Å². The molecule has 2 aromatic carbocycles. The topological polar surface area (TPSA) is 94.2 Å². The Balaban J connectivity index is 1.66. The van der Waals surface area contributed by atoms with Crippen molar-refractivity contribution in [2.75, 3.05) is 19.5 Å². The molecule has 8 nitrogen and oxygen atoms in total. The van der Waals surface area contributed by atoms with Gasteiger partial charge >= 0.3 is 5.97 Å². The van der Waals surface area contributed by atoms with E-state index in [9.17, 15) is 14.4 Å². The van der Waals surface area contributed by atoms with E-state index in [-0.39, 0.29) is 29.5 Å². The van der Waals surface area contributed by atoms with Gasteiger partial charge in [0, 0.05) is 22.7 Å². The number of carbonyl (C=O) groups is 3. The maximum Gasteiger partial charge on any atom is 0.344 e. The number of cyclic esters (lactones) is 1. The number of carbonyl (C=O) groups excluding carboxylic acids is 3. The van der Waals surface area contributed by atoms with Gasteiger partial charge in [-0.2, -0.15) is 0 Å². The van der Waals surface area contributed by atoms with E-state index in [0.717, 1.165) is 5.56 Å². The fourth-order valence-corrected chi connectivity index (χ4v) is 4.16. The Morgan fingerprint density at radius 3 is 2.68 bits per heavy atom. The van der Waals surface area contributed by atoms with Crippen LogP contribution in [0.4, 0.5) is 5.69 Å². The highest BCUT2D eigenvalue weighted by molar-refractivity contribution is 6.31. The maximum atomic E-state index is 13.1. The minimum Gasteiger partial charge on any atom is -0.493 e. The molecule has 0 saturated carbocycles. The second kappa shape index (κ2) is 8.11. The lowest BCUT2D eigenvalue weighted by molar-refractivity contribution is -0.144. The molecule has 1 N–H and O–H groups in total. The van der Waals surface area contributed by atoms with Gasteiger partial charge in [0.05, 0.1) is 14.2 Å².